The van der Waals surface area contributed by atoms with Gasteiger partial charge in [0.2, 0.25) is 21.8 Å². The van der Waals surface area contributed by atoms with Gasteiger partial charge in [-0.15, -0.1) is 4.41 Å². The Morgan fingerprint density at radius 1 is 1.07 bits per heavy atom. The van der Waals surface area contributed by atoms with Crippen LogP contribution in [0.2, 0.25) is 0 Å². The first-order chi connectivity index (χ1) is 21.9. The highest BCUT2D eigenvalue weighted by atomic mass is 32.2. The van der Waals surface area contributed by atoms with Gasteiger partial charge in [0.05, 0.1) is 22.5 Å². The van der Waals surface area contributed by atoms with Gasteiger partial charge in [-0.3, -0.25) is 25.1 Å². The predicted octanol–water partition coefficient (Wildman–Crippen LogP) is 5.51. The molecule has 0 spiro atoms. The molecule has 0 bridgehead atoms. The molecule has 2 amide bonds. The zero-order chi connectivity index (χ0) is 33.7. The van der Waals surface area contributed by atoms with Crippen molar-refractivity contribution >= 4 is 33.6 Å². The summed E-state index contributed by atoms with van der Waals surface area (Å²) in [4.78, 5) is 44.3. The normalized spacial score (nSPS) is 17.5. The summed E-state index contributed by atoms with van der Waals surface area (Å²) < 4.78 is 33.9. The Bertz CT molecular complexity index is 1430. The Balaban J connectivity index is 1.91. The van der Waals surface area contributed by atoms with Crippen LogP contribution in [-0.2, 0) is 34.9 Å². The van der Waals surface area contributed by atoms with Crippen LogP contribution in [0.25, 0.3) is 6.08 Å². The van der Waals surface area contributed by atoms with E-state index in [-0.39, 0.29) is 30.0 Å². The highest BCUT2D eigenvalue weighted by Gasteiger charge is 2.38. The van der Waals surface area contributed by atoms with Gasteiger partial charge in [-0.25, -0.2) is 18.7 Å². The molecule has 0 saturated carbocycles. The van der Waals surface area contributed by atoms with E-state index < -0.39 is 56.7 Å². The number of benzene rings is 2. The van der Waals surface area contributed by atoms with Crippen LogP contribution in [0.3, 0.4) is 0 Å². The van der Waals surface area contributed by atoms with E-state index in [1.807, 2.05) is 56.3 Å². The van der Waals surface area contributed by atoms with Gasteiger partial charge in [-0.1, -0.05) is 81.5 Å². The van der Waals surface area contributed by atoms with E-state index in [1.54, 1.807) is 13.8 Å². The number of hydrogen-bond donors (Lipinski definition) is 2. The Kier molecular flexibility index (Phi) is 14.3. The lowest BCUT2D eigenvalue weighted by Crippen LogP contribution is -2.54. The Hall–Kier alpha value is -3.65. The lowest BCUT2D eigenvalue weighted by molar-refractivity contribution is -0.385. The number of nitro benzene ring substituents is 1. The number of allylic oxidation sites excluding steroid dienone is 1. The summed E-state index contributed by atoms with van der Waals surface area (Å²) in [6.07, 6.45) is 6.31. The second-order valence-electron chi connectivity index (χ2n) is 11.9. The second kappa shape index (κ2) is 17.9. The smallest absolute Gasteiger partial charge is 0.273 e. The SMILES string of the molecule is CCC(C)N(NC(=O)[C@H](CC(C)C)[C@H](C/C=C/c1ccccc1)C(=O)NOC1CCCCO1)S(=O)(=O)Cc1ccccc1[N+](=O)[O-]. The van der Waals surface area contributed by atoms with Crippen LogP contribution < -0.4 is 10.9 Å². The van der Waals surface area contributed by atoms with Crippen LogP contribution in [0.15, 0.2) is 60.7 Å². The van der Waals surface area contributed by atoms with Crippen molar-refractivity contribution in [2.75, 3.05) is 6.61 Å². The van der Waals surface area contributed by atoms with Gasteiger partial charge in [-0.2, -0.15) is 0 Å². The number of hydrogen-bond acceptors (Lipinski definition) is 8. The summed E-state index contributed by atoms with van der Waals surface area (Å²) in [5, 5.41) is 11.6. The monoisotopic (exact) mass is 658 g/mol. The molecule has 1 heterocycles. The summed E-state index contributed by atoms with van der Waals surface area (Å²) >= 11 is 0. The van der Waals surface area contributed by atoms with Gasteiger partial charge in [-0.05, 0) is 50.5 Å². The minimum atomic E-state index is -4.28. The van der Waals surface area contributed by atoms with Gasteiger partial charge in [0, 0.05) is 30.7 Å². The zero-order valence-electron chi connectivity index (χ0n) is 27.0. The van der Waals surface area contributed by atoms with Gasteiger partial charge < -0.3 is 4.74 Å². The fourth-order valence-electron chi connectivity index (χ4n) is 5.22. The number of sulfonamides is 1. The average molecular weight is 659 g/mol. The molecule has 2 unspecified atom stereocenters. The molecule has 4 atom stereocenters. The number of hydroxylamine groups is 1. The predicted molar refractivity (Wildman–Crippen MR) is 175 cm³/mol. The molecular formula is C33H46N4O8S. The number of nitro groups is 1. The molecule has 12 nitrogen and oxygen atoms in total. The number of hydrazine groups is 1. The molecule has 1 saturated heterocycles. The Morgan fingerprint density at radius 2 is 1.76 bits per heavy atom. The molecule has 46 heavy (non-hydrogen) atoms. The molecule has 0 radical (unpaired) electrons. The van der Waals surface area contributed by atoms with Gasteiger partial charge in [0.25, 0.3) is 5.69 Å². The van der Waals surface area contributed by atoms with Crippen LogP contribution in [0, 0.1) is 27.9 Å². The van der Waals surface area contributed by atoms with E-state index in [4.69, 9.17) is 9.57 Å². The molecule has 1 fully saturated rings. The van der Waals surface area contributed by atoms with Crippen molar-refractivity contribution in [1.29, 1.82) is 0 Å². The molecule has 0 aromatic heterocycles. The highest BCUT2D eigenvalue weighted by Crippen LogP contribution is 2.28. The fourth-order valence-corrected chi connectivity index (χ4v) is 6.93. The Labute approximate surface area is 271 Å². The lowest BCUT2D eigenvalue weighted by atomic mass is 9.82. The summed E-state index contributed by atoms with van der Waals surface area (Å²) in [6.45, 7) is 7.76. The maximum absolute atomic E-state index is 14.1. The first kappa shape index (κ1) is 36.8. The van der Waals surface area contributed by atoms with Gasteiger partial charge >= 0.3 is 0 Å². The maximum atomic E-state index is 14.1. The van der Waals surface area contributed by atoms with E-state index in [0.717, 1.165) is 22.8 Å². The second-order valence-corrected chi connectivity index (χ2v) is 13.8. The fraction of sp³-hybridized carbons (Fsp3) is 0.515. The van der Waals surface area contributed by atoms with Crippen molar-refractivity contribution < 1.29 is 32.5 Å². The molecule has 2 N–H and O–H groups in total. The van der Waals surface area contributed by atoms with E-state index >= 15 is 0 Å². The number of ether oxygens (including phenoxy) is 1. The maximum Gasteiger partial charge on any atom is 0.273 e. The van der Waals surface area contributed by atoms with Crippen LogP contribution in [-0.4, -0.2) is 48.5 Å². The minimum Gasteiger partial charge on any atom is -0.350 e. The van der Waals surface area contributed by atoms with Crippen LogP contribution in [0.4, 0.5) is 5.69 Å². The molecule has 0 aliphatic carbocycles. The third-order valence-electron chi connectivity index (χ3n) is 7.85. The third-order valence-corrected chi connectivity index (χ3v) is 9.58. The minimum absolute atomic E-state index is 0.000772. The van der Waals surface area contributed by atoms with Gasteiger partial charge in [0.15, 0.2) is 6.29 Å². The Morgan fingerprint density at radius 3 is 2.39 bits per heavy atom. The van der Waals surface area contributed by atoms with Crippen molar-refractivity contribution in [3.05, 3.63) is 81.9 Å². The average Bonchev–Trinajstić information content (AvgIpc) is 3.04. The van der Waals surface area contributed by atoms with E-state index in [9.17, 15) is 28.1 Å². The topological polar surface area (TPSA) is 157 Å². The van der Waals surface area contributed by atoms with E-state index in [0.29, 0.717) is 19.4 Å². The van der Waals surface area contributed by atoms with E-state index in [2.05, 4.69) is 10.9 Å². The van der Waals surface area contributed by atoms with Crippen molar-refractivity contribution in [2.45, 2.75) is 84.3 Å². The number of amides is 2. The van der Waals surface area contributed by atoms with Crippen molar-refractivity contribution in [2.24, 2.45) is 17.8 Å². The van der Waals surface area contributed by atoms with Crippen molar-refractivity contribution in [3.63, 3.8) is 0 Å². The molecule has 13 heteroatoms. The quantitative estimate of drug-likeness (QED) is 0.166. The summed E-state index contributed by atoms with van der Waals surface area (Å²) in [7, 11) is -4.28. The molecule has 3 rings (SSSR count). The number of nitrogens with one attached hydrogen (secondary N) is 2. The number of carbonyl (C=O) groups excluding carboxylic acids is 2. The van der Waals surface area contributed by atoms with Crippen LogP contribution in [0.5, 0.6) is 0 Å². The molecular weight excluding hydrogens is 612 g/mol. The molecule has 2 aromatic rings. The third kappa shape index (κ3) is 11.0. The number of nitrogens with zero attached hydrogens (tertiary/aromatic N) is 2. The number of carbonyl (C=O) groups is 2. The summed E-state index contributed by atoms with van der Waals surface area (Å²) in [5.74, 6) is -3.74. The van der Waals surface area contributed by atoms with E-state index in [1.165, 1.54) is 24.3 Å². The summed E-state index contributed by atoms with van der Waals surface area (Å²) in [6, 6.07) is 14.4. The van der Waals surface area contributed by atoms with Crippen LogP contribution in [0.1, 0.15) is 77.3 Å². The first-order valence-electron chi connectivity index (χ1n) is 15.8. The standard InChI is InChI=1S/C33H46N4O8S/c1-5-25(4)36(46(42,43)23-27-17-9-10-19-30(27)37(40)41)34-32(38)29(22-24(2)3)28(18-13-16-26-14-7-6-8-15-26)33(39)35-45-31-20-11-12-21-44-31/h6-10,13-17,19,24-25,28-29,31H,5,11-12,18,20-23H2,1-4H3,(H,34,38)(H,35,39)/b16-13+/t25?,28-,29+,31?/m0/s1. The molecule has 1 aliphatic heterocycles. The lowest BCUT2D eigenvalue weighted by Gasteiger charge is -2.32. The molecule has 252 valence electrons. The largest absolute Gasteiger partial charge is 0.350 e. The molecule has 2 aromatic carbocycles. The number of para-hydroxylation sites is 1. The van der Waals surface area contributed by atoms with Gasteiger partial charge in [0.1, 0.15) is 0 Å². The zero-order valence-corrected chi connectivity index (χ0v) is 27.8. The number of rotatable bonds is 17. The van der Waals surface area contributed by atoms with Crippen molar-refractivity contribution in [1.82, 2.24) is 15.3 Å². The van der Waals surface area contributed by atoms with Crippen LogP contribution >= 0.6 is 0 Å². The molecule has 1 aliphatic rings. The summed E-state index contributed by atoms with van der Waals surface area (Å²) in [5.41, 5.74) is 5.69. The van der Waals surface area contributed by atoms with Crippen molar-refractivity contribution in [3.8, 4) is 0 Å². The highest BCUT2D eigenvalue weighted by molar-refractivity contribution is 7.88. The first-order valence-corrected chi connectivity index (χ1v) is 17.4.